The lowest BCUT2D eigenvalue weighted by atomic mass is 10.0. The summed E-state index contributed by atoms with van der Waals surface area (Å²) in [7, 11) is 0. The van der Waals surface area contributed by atoms with E-state index in [9.17, 15) is 9.59 Å². The molecule has 0 saturated carbocycles. The van der Waals surface area contributed by atoms with E-state index < -0.39 is 12.0 Å². The van der Waals surface area contributed by atoms with Crippen molar-refractivity contribution in [2.24, 2.45) is 5.92 Å². The van der Waals surface area contributed by atoms with Crippen LogP contribution in [-0.4, -0.2) is 47.6 Å². The highest BCUT2D eigenvalue weighted by Crippen LogP contribution is 2.02. The van der Waals surface area contributed by atoms with Crippen molar-refractivity contribution in [2.45, 2.75) is 46.6 Å². The Labute approximate surface area is 110 Å². The van der Waals surface area contributed by atoms with Gasteiger partial charge in [0.1, 0.15) is 6.04 Å². The molecule has 106 valence electrons. The van der Waals surface area contributed by atoms with E-state index in [0.717, 1.165) is 25.9 Å². The van der Waals surface area contributed by atoms with E-state index >= 15 is 0 Å². The van der Waals surface area contributed by atoms with Gasteiger partial charge in [0.05, 0.1) is 6.54 Å². The smallest absolute Gasteiger partial charge is 0.326 e. The predicted molar refractivity (Wildman–Crippen MR) is 71.4 cm³/mol. The van der Waals surface area contributed by atoms with Gasteiger partial charge in [0.15, 0.2) is 0 Å². The second-order valence-electron chi connectivity index (χ2n) is 4.85. The van der Waals surface area contributed by atoms with E-state index in [1.165, 1.54) is 0 Å². The Balaban J connectivity index is 4.25. The lowest BCUT2D eigenvalue weighted by molar-refractivity contribution is -0.143. The summed E-state index contributed by atoms with van der Waals surface area (Å²) in [4.78, 5) is 24.8. The zero-order chi connectivity index (χ0) is 14.1. The molecule has 1 amide bonds. The number of carboxylic acids is 1. The SMILES string of the molecule is CCCCN(CC)CC(=O)NC(C(=O)O)C(C)C. The minimum atomic E-state index is -0.977. The van der Waals surface area contributed by atoms with Crippen LogP contribution >= 0.6 is 0 Å². The molecule has 1 atom stereocenters. The first kappa shape index (κ1) is 16.9. The summed E-state index contributed by atoms with van der Waals surface area (Å²) in [6, 6.07) is -0.803. The van der Waals surface area contributed by atoms with Crippen LogP contribution in [0.3, 0.4) is 0 Å². The highest BCUT2D eigenvalue weighted by molar-refractivity contribution is 5.84. The Morgan fingerprint density at radius 2 is 1.89 bits per heavy atom. The lowest BCUT2D eigenvalue weighted by Gasteiger charge is -2.22. The summed E-state index contributed by atoms with van der Waals surface area (Å²) < 4.78 is 0. The van der Waals surface area contributed by atoms with Gasteiger partial charge in [-0.1, -0.05) is 34.1 Å². The number of likely N-dealkylation sites (N-methyl/N-ethyl adjacent to an activating group) is 1. The van der Waals surface area contributed by atoms with Gasteiger partial charge in [-0.05, 0) is 25.4 Å². The summed E-state index contributed by atoms with van der Waals surface area (Å²) in [6.07, 6.45) is 2.13. The minimum Gasteiger partial charge on any atom is -0.480 e. The minimum absolute atomic E-state index is 0.114. The Hall–Kier alpha value is -1.10. The van der Waals surface area contributed by atoms with Crippen LogP contribution in [0.1, 0.15) is 40.5 Å². The summed E-state index contributed by atoms with van der Waals surface area (Å²) in [5, 5.41) is 11.6. The number of nitrogens with zero attached hydrogens (tertiary/aromatic N) is 1. The van der Waals surface area contributed by atoms with Crippen LogP contribution in [0.25, 0.3) is 0 Å². The topological polar surface area (TPSA) is 69.6 Å². The number of rotatable bonds is 9. The van der Waals surface area contributed by atoms with Crippen LogP contribution in [0.15, 0.2) is 0 Å². The van der Waals surface area contributed by atoms with Crippen molar-refractivity contribution in [2.75, 3.05) is 19.6 Å². The molecule has 0 bridgehead atoms. The zero-order valence-electron chi connectivity index (χ0n) is 11.9. The van der Waals surface area contributed by atoms with Gasteiger partial charge in [-0.25, -0.2) is 4.79 Å². The Morgan fingerprint density at radius 1 is 1.28 bits per heavy atom. The number of carbonyl (C=O) groups excluding carboxylic acids is 1. The summed E-state index contributed by atoms with van der Waals surface area (Å²) in [5.74, 6) is -1.30. The van der Waals surface area contributed by atoms with Crippen molar-refractivity contribution >= 4 is 11.9 Å². The predicted octanol–water partition coefficient (Wildman–Crippen LogP) is 1.33. The number of unbranched alkanes of at least 4 members (excludes halogenated alkanes) is 1. The fraction of sp³-hybridized carbons (Fsp3) is 0.846. The largest absolute Gasteiger partial charge is 0.480 e. The first-order valence-corrected chi connectivity index (χ1v) is 6.66. The molecule has 18 heavy (non-hydrogen) atoms. The average molecular weight is 258 g/mol. The summed E-state index contributed by atoms with van der Waals surface area (Å²) >= 11 is 0. The van der Waals surface area contributed by atoms with Crippen molar-refractivity contribution in [3.8, 4) is 0 Å². The molecule has 0 fully saturated rings. The highest BCUT2D eigenvalue weighted by Gasteiger charge is 2.23. The molecule has 0 radical (unpaired) electrons. The lowest BCUT2D eigenvalue weighted by Crippen LogP contribution is -2.48. The molecule has 0 aliphatic rings. The van der Waals surface area contributed by atoms with Crippen molar-refractivity contribution in [1.29, 1.82) is 0 Å². The monoisotopic (exact) mass is 258 g/mol. The number of amides is 1. The van der Waals surface area contributed by atoms with Gasteiger partial charge in [-0.2, -0.15) is 0 Å². The molecule has 1 unspecified atom stereocenters. The first-order chi connectivity index (χ1) is 8.42. The Bertz CT molecular complexity index is 267. The van der Waals surface area contributed by atoms with Crippen molar-refractivity contribution < 1.29 is 14.7 Å². The summed E-state index contributed by atoms with van der Waals surface area (Å²) in [5.41, 5.74) is 0. The van der Waals surface area contributed by atoms with Crippen LogP contribution in [0.2, 0.25) is 0 Å². The van der Waals surface area contributed by atoms with Gasteiger partial charge >= 0.3 is 5.97 Å². The Kier molecular flexibility index (Phi) is 8.37. The molecule has 0 saturated heterocycles. The van der Waals surface area contributed by atoms with Gasteiger partial charge in [-0.3, -0.25) is 9.69 Å². The molecule has 0 spiro atoms. The van der Waals surface area contributed by atoms with Crippen molar-refractivity contribution in [1.82, 2.24) is 10.2 Å². The molecule has 5 heteroatoms. The van der Waals surface area contributed by atoms with Crippen LogP contribution in [0.5, 0.6) is 0 Å². The van der Waals surface area contributed by atoms with Crippen LogP contribution < -0.4 is 5.32 Å². The molecule has 0 aromatic rings. The molecule has 2 N–H and O–H groups in total. The number of hydrogen-bond donors (Lipinski definition) is 2. The molecule has 0 aromatic carbocycles. The standard InChI is InChI=1S/C13H26N2O3/c1-5-7-8-15(6-2)9-11(16)14-12(10(3)4)13(17)18/h10,12H,5-9H2,1-4H3,(H,14,16)(H,17,18). The van der Waals surface area contributed by atoms with Crippen LogP contribution in [0.4, 0.5) is 0 Å². The maximum Gasteiger partial charge on any atom is 0.326 e. The molecule has 0 aromatic heterocycles. The molecule has 5 nitrogen and oxygen atoms in total. The maximum absolute atomic E-state index is 11.8. The third-order valence-electron chi connectivity index (χ3n) is 2.89. The zero-order valence-corrected chi connectivity index (χ0v) is 11.9. The fourth-order valence-electron chi connectivity index (χ4n) is 1.67. The Morgan fingerprint density at radius 3 is 2.28 bits per heavy atom. The van der Waals surface area contributed by atoms with E-state index in [-0.39, 0.29) is 18.4 Å². The van der Waals surface area contributed by atoms with Crippen LogP contribution in [0, 0.1) is 5.92 Å². The molecular weight excluding hydrogens is 232 g/mol. The van der Waals surface area contributed by atoms with E-state index in [1.54, 1.807) is 13.8 Å². The van der Waals surface area contributed by atoms with E-state index in [0.29, 0.717) is 0 Å². The fourth-order valence-corrected chi connectivity index (χ4v) is 1.67. The third-order valence-corrected chi connectivity index (χ3v) is 2.89. The molecule has 0 heterocycles. The number of hydrogen-bond acceptors (Lipinski definition) is 3. The van der Waals surface area contributed by atoms with Crippen LogP contribution in [-0.2, 0) is 9.59 Å². The third kappa shape index (κ3) is 6.59. The number of carboxylic acid groups (broad SMARTS) is 1. The second kappa shape index (κ2) is 8.91. The van der Waals surface area contributed by atoms with E-state index in [1.807, 2.05) is 11.8 Å². The first-order valence-electron chi connectivity index (χ1n) is 6.66. The van der Waals surface area contributed by atoms with Crippen molar-refractivity contribution in [3.63, 3.8) is 0 Å². The molecular formula is C13H26N2O3. The van der Waals surface area contributed by atoms with Crippen molar-refractivity contribution in [3.05, 3.63) is 0 Å². The number of nitrogens with one attached hydrogen (secondary N) is 1. The van der Waals surface area contributed by atoms with E-state index in [4.69, 9.17) is 5.11 Å². The van der Waals surface area contributed by atoms with Gasteiger partial charge in [0, 0.05) is 0 Å². The molecule has 0 aliphatic heterocycles. The summed E-state index contributed by atoms with van der Waals surface area (Å²) in [6.45, 7) is 9.62. The van der Waals surface area contributed by atoms with Gasteiger partial charge in [0.25, 0.3) is 0 Å². The van der Waals surface area contributed by atoms with Gasteiger partial charge in [-0.15, -0.1) is 0 Å². The highest BCUT2D eigenvalue weighted by atomic mass is 16.4. The quantitative estimate of drug-likeness (QED) is 0.654. The molecule has 0 rings (SSSR count). The second-order valence-corrected chi connectivity index (χ2v) is 4.85. The average Bonchev–Trinajstić information content (AvgIpc) is 2.30. The normalized spacial score (nSPS) is 12.8. The molecule has 0 aliphatic carbocycles. The maximum atomic E-state index is 11.8. The van der Waals surface area contributed by atoms with E-state index in [2.05, 4.69) is 12.2 Å². The van der Waals surface area contributed by atoms with Gasteiger partial charge in [0.2, 0.25) is 5.91 Å². The van der Waals surface area contributed by atoms with Gasteiger partial charge < -0.3 is 10.4 Å². The number of carbonyl (C=O) groups is 2. The number of aliphatic carboxylic acids is 1.